The van der Waals surface area contributed by atoms with Crippen LogP contribution >= 0.6 is 11.8 Å². The van der Waals surface area contributed by atoms with Crippen LogP contribution in [0, 0.1) is 0 Å². The van der Waals surface area contributed by atoms with Crippen molar-refractivity contribution in [3.63, 3.8) is 0 Å². The lowest BCUT2D eigenvalue weighted by Crippen LogP contribution is -2.07. The topological polar surface area (TPSA) is 35.2 Å². The second kappa shape index (κ2) is 6.93. The molecule has 0 unspecified atom stereocenters. The highest BCUT2D eigenvalue weighted by atomic mass is 32.2. The van der Waals surface area contributed by atoms with Gasteiger partial charge in [-0.3, -0.25) is 0 Å². The molecule has 2 rings (SSSR count). The van der Waals surface area contributed by atoms with Crippen molar-refractivity contribution >= 4 is 17.4 Å². The van der Waals surface area contributed by atoms with Gasteiger partial charge in [0.1, 0.15) is 5.75 Å². The number of rotatable bonds is 5. The molecule has 0 atom stereocenters. The van der Waals surface area contributed by atoms with Crippen LogP contribution in [0.3, 0.4) is 0 Å². The third kappa shape index (κ3) is 4.13. The van der Waals surface area contributed by atoms with Crippen molar-refractivity contribution in [2.24, 2.45) is 0 Å². The van der Waals surface area contributed by atoms with E-state index in [4.69, 9.17) is 10.5 Å². The van der Waals surface area contributed by atoms with E-state index in [-0.39, 0.29) is 0 Å². The Morgan fingerprint density at radius 3 is 2.72 bits per heavy atom. The molecule has 0 aromatic heterocycles. The van der Waals surface area contributed by atoms with Gasteiger partial charge >= 0.3 is 0 Å². The highest BCUT2D eigenvalue weighted by Gasteiger charge is 2.15. The zero-order chi connectivity index (χ0) is 12.8. The molecule has 1 saturated carbocycles. The molecule has 0 saturated heterocycles. The summed E-state index contributed by atoms with van der Waals surface area (Å²) in [7, 11) is 0. The van der Waals surface area contributed by atoms with Gasteiger partial charge in [-0.05, 0) is 31.4 Å². The third-order valence-corrected chi connectivity index (χ3v) is 4.54. The molecular formula is C15H23NOS. The zero-order valence-electron chi connectivity index (χ0n) is 11.2. The number of hydrogen-bond acceptors (Lipinski definition) is 3. The maximum Gasteiger partial charge on any atom is 0.122 e. The van der Waals surface area contributed by atoms with E-state index in [0.29, 0.717) is 0 Å². The molecule has 1 aromatic carbocycles. The second-order valence-electron chi connectivity index (χ2n) is 4.96. The van der Waals surface area contributed by atoms with Gasteiger partial charge in [-0.1, -0.05) is 26.2 Å². The van der Waals surface area contributed by atoms with E-state index in [1.807, 2.05) is 17.8 Å². The van der Waals surface area contributed by atoms with Crippen LogP contribution in [-0.4, -0.2) is 11.9 Å². The fourth-order valence-electron chi connectivity index (χ4n) is 2.34. The lowest BCUT2D eigenvalue weighted by molar-refractivity contribution is 0.317. The molecule has 100 valence electrons. The lowest BCUT2D eigenvalue weighted by atomic mass is 10.0. The van der Waals surface area contributed by atoms with Crippen LogP contribution in [0.2, 0.25) is 0 Å². The van der Waals surface area contributed by atoms with E-state index in [0.717, 1.165) is 29.7 Å². The minimum atomic E-state index is 0.761. The van der Waals surface area contributed by atoms with E-state index in [1.54, 1.807) is 0 Å². The summed E-state index contributed by atoms with van der Waals surface area (Å²) in [5.41, 5.74) is 6.75. The molecule has 1 aliphatic carbocycles. The highest BCUT2D eigenvalue weighted by Crippen LogP contribution is 2.36. The van der Waals surface area contributed by atoms with Gasteiger partial charge in [0, 0.05) is 21.9 Å². The number of nitrogens with two attached hydrogens (primary N) is 1. The SMILES string of the molecule is CCCOc1cc(N)cc(SC2CCCCC2)c1. The lowest BCUT2D eigenvalue weighted by Gasteiger charge is -2.21. The fourth-order valence-corrected chi connectivity index (χ4v) is 3.68. The number of thioether (sulfide) groups is 1. The summed E-state index contributed by atoms with van der Waals surface area (Å²) in [6.45, 7) is 2.88. The minimum Gasteiger partial charge on any atom is -0.493 e. The van der Waals surface area contributed by atoms with Gasteiger partial charge in [0.05, 0.1) is 6.61 Å². The standard InChI is InChI=1S/C15H23NOS/c1-2-8-17-13-9-12(16)10-15(11-13)18-14-6-4-3-5-7-14/h9-11,14H,2-8,16H2,1H3. The van der Waals surface area contributed by atoms with Crippen molar-refractivity contribution in [3.05, 3.63) is 18.2 Å². The molecule has 1 fully saturated rings. The average Bonchev–Trinajstić information content (AvgIpc) is 2.37. The van der Waals surface area contributed by atoms with E-state index in [1.165, 1.54) is 37.0 Å². The van der Waals surface area contributed by atoms with Gasteiger partial charge in [0.2, 0.25) is 0 Å². The monoisotopic (exact) mass is 265 g/mol. The Balaban J connectivity index is 1.99. The predicted molar refractivity (Wildman–Crippen MR) is 79.4 cm³/mol. The molecule has 2 N–H and O–H groups in total. The van der Waals surface area contributed by atoms with Crippen molar-refractivity contribution in [2.75, 3.05) is 12.3 Å². The zero-order valence-corrected chi connectivity index (χ0v) is 12.0. The Morgan fingerprint density at radius 2 is 2.00 bits per heavy atom. The molecule has 0 amide bonds. The molecule has 0 radical (unpaired) electrons. The predicted octanol–water partition coefficient (Wildman–Crippen LogP) is 4.48. The molecule has 2 nitrogen and oxygen atoms in total. The van der Waals surface area contributed by atoms with Gasteiger partial charge in [-0.2, -0.15) is 0 Å². The number of nitrogen functional groups attached to an aromatic ring is 1. The van der Waals surface area contributed by atoms with Gasteiger partial charge in [-0.25, -0.2) is 0 Å². The smallest absolute Gasteiger partial charge is 0.122 e. The van der Waals surface area contributed by atoms with E-state index in [9.17, 15) is 0 Å². The maximum atomic E-state index is 5.94. The third-order valence-electron chi connectivity index (χ3n) is 3.23. The quantitative estimate of drug-likeness (QED) is 0.797. The highest BCUT2D eigenvalue weighted by molar-refractivity contribution is 8.00. The van der Waals surface area contributed by atoms with Crippen LogP contribution in [0.5, 0.6) is 5.75 Å². The largest absolute Gasteiger partial charge is 0.493 e. The first kappa shape index (κ1) is 13.6. The first-order chi connectivity index (χ1) is 8.78. The van der Waals surface area contributed by atoms with Crippen molar-refractivity contribution in [1.29, 1.82) is 0 Å². The van der Waals surface area contributed by atoms with E-state index < -0.39 is 0 Å². The van der Waals surface area contributed by atoms with Crippen molar-refractivity contribution in [3.8, 4) is 5.75 Å². The Hall–Kier alpha value is -0.830. The summed E-state index contributed by atoms with van der Waals surface area (Å²) in [5, 5.41) is 0.763. The van der Waals surface area contributed by atoms with E-state index in [2.05, 4.69) is 19.1 Å². The molecule has 0 bridgehead atoms. The van der Waals surface area contributed by atoms with Crippen LogP contribution in [0.1, 0.15) is 45.4 Å². The Labute approximate surface area is 114 Å². The number of ether oxygens (including phenoxy) is 1. The van der Waals surface area contributed by atoms with Crippen LogP contribution in [-0.2, 0) is 0 Å². The van der Waals surface area contributed by atoms with Gasteiger partial charge in [0.15, 0.2) is 0 Å². The summed E-state index contributed by atoms with van der Waals surface area (Å²) in [4.78, 5) is 1.26. The Kier molecular flexibility index (Phi) is 5.24. The fraction of sp³-hybridized carbons (Fsp3) is 0.600. The summed E-state index contributed by atoms with van der Waals surface area (Å²) in [6.07, 6.45) is 7.85. The van der Waals surface area contributed by atoms with Gasteiger partial charge < -0.3 is 10.5 Å². The molecule has 0 spiro atoms. The molecule has 3 heteroatoms. The molecule has 1 aromatic rings. The summed E-state index contributed by atoms with van der Waals surface area (Å²) >= 11 is 1.97. The average molecular weight is 265 g/mol. The normalized spacial score (nSPS) is 16.7. The first-order valence-corrected chi connectivity index (χ1v) is 7.86. The molecule has 18 heavy (non-hydrogen) atoms. The number of anilines is 1. The first-order valence-electron chi connectivity index (χ1n) is 6.98. The van der Waals surface area contributed by atoms with Gasteiger partial charge in [-0.15, -0.1) is 11.8 Å². The van der Waals surface area contributed by atoms with Crippen molar-refractivity contribution in [1.82, 2.24) is 0 Å². The number of benzene rings is 1. The maximum absolute atomic E-state index is 5.94. The summed E-state index contributed by atoms with van der Waals surface area (Å²) in [6, 6.07) is 6.12. The Morgan fingerprint density at radius 1 is 1.22 bits per heavy atom. The van der Waals surface area contributed by atoms with E-state index >= 15 is 0 Å². The number of hydrogen-bond donors (Lipinski definition) is 1. The molecule has 0 aliphatic heterocycles. The minimum absolute atomic E-state index is 0.761. The van der Waals surface area contributed by atoms with Gasteiger partial charge in [0.25, 0.3) is 0 Å². The van der Waals surface area contributed by atoms with Crippen molar-refractivity contribution in [2.45, 2.75) is 55.6 Å². The van der Waals surface area contributed by atoms with Crippen LogP contribution in [0.4, 0.5) is 5.69 Å². The summed E-state index contributed by atoms with van der Waals surface area (Å²) in [5.74, 6) is 0.912. The van der Waals surface area contributed by atoms with Crippen molar-refractivity contribution < 1.29 is 4.74 Å². The van der Waals surface area contributed by atoms with Crippen LogP contribution in [0.25, 0.3) is 0 Å². The molecule has 0 heterocycles. The Bertz CT molecular complexity index is 375. The molecule has 1 aliphatic rings. The van der Waals surface area contributed by atoms with Crippen LogP contribution in [0.15, 0.2) is 23.1 Å². The second-order valence-corrected chi connectivity index (χ2v) is 6.34. The molecular weight excluding hydrogens is 242 g/mol. The summed E-state index contributed by atoms with van der Waals surface area (Å²) < 4.78 is 5.67. The van der Waals surface area contributed by atoms with Crippen LogP contribution < -0.4 is 10.5 Å².